The SMILES string of the molecule is CC1=C[NH+](C)C=N1.O=S(=O)([O-])O. The molecule has 12 heavy (non-hydrogen) atoms. The molecule has 6 nitrogen and oxygen atoms in total. The van der Waals surface area contributed by atoms with E-state index in [1.165, 1.54) is 4.90 Å². The first kappa shape index (κ1) is 11.2. The molecule has 0 radical (unpaired) electrons. The van der Waals surface area contributed by atoms with Crippen LogP contribution in [0.15, 0.2) is 16.9 Å². The summed E-state index contributed by atoms with van der Waals surface area (Å²) in [4.78, 5) is 5.26. The molecule has 1 rings (SSSR count). The van der Waals surface area contributed by atoms with Crippen LogP contribution in [0.2, 0.25) is 0 Å². The summed E-state index contributed by atoms with van der Waals surface area (Å²) >= 11 is 0. The molecule has 1 aliphatic rings. The van der Waals surface area contributed by atoms with Gasteiger partial charge in [0.05, 0.1) is 12.7 Å². The molecule has 1 unspecified atom stereocenters. The van der Waals surface area contributed by atoms with Crippen LogP contribution >= 0.6 is 0 Å². The van der Waals surface area contributed by atoms with Gasteiger partial charge in [-0.1, -0.05) is 0 Å². The van der Waals surface area contributed by atoms with E-state index in [9.17, 15) is 0 Å². The summed E-state index contributed by atoms with van der Waals surface area (Å²) in [5.41, 5.74) is 1.11. The monoisotopic (exact) mass is 194 g/mol. The summed E-state index contributed by atoms with van der Waals surface area (Å²) in [7, 11) is -2.87. The lowest BCUT2D eigenvalue weighted by Gasteiger charge is -1.88. The smallest absolute Gasteiger partial charge is 0.215 e. The van der Waals surface area contributed by atoms with Crippen molar-refractivity contribution in [2.75, 3.05) is 7.05 Å². The van der Waals surface area contributed by atoms with Crippen LogP contribution in [0.25, 0.3) is 0 Å². The van der Waals surface area contributed by atoms with Gasteiger partial charge in [-0.3, -0.25) is 9.45 Å². The van der Waals surface area contributed by atoms with Crippen molar-refractivity contribution in [1.29, 1.82) is 0 Å². The van der Waals surface area contributed by atoms with Gasteiger partial charge in [-0.05, 0) is 6.92 Å². The molecule has 1 heterocycles. The minimum atomic E-state index is -4.92. The molecule has 0 fully saturated rings. The zero-order chi connectivity index (χ0) is 9.78. The predicted octanol–water partition coefficient (Wildman–Crippen LogP) is -1.59. The number of nitrogens with zero attached hydrogens (tertiary/aromatic N) is 1. The lowest BCUT2D eigenvalue weighted by Crippen LogP contribution is -3.02. The Morgan fingerprint density at radius 2 is 2.08 bits per heavy atom. The molecule has 0 saturated carbocycles. The van der Waals surface area contributed by atoms with E-state index < -0.39 is 10.4 Å². The van der Waals surface area contributed by atoms with Crippen molar-refractivity contribution in [3.05, 3.63) is 11.9 Å². The predicted molar refractivity (Wildman–Crippen MR) is 41.5 cm³/mol. The molecule has 70 valence electrons. The van der Waals surface area contributed by atoms with E-state index in [2.05, 4.69) is 11.2 Å². The normalized spacial score (nSPS) is 21.3. The Morgan fingerprint density at radius 3 is 2.17 bits per heavy atom. The summed E-state index contributed by atoms with van der Waals surface area (Å²) in [6.07, 6.45) is 3.93. The first-order valence-corrected chi connectivity index (χ1v) is 4.40. The van der Waals surface area contributed by atoms with Gasteiger partial charge in [0, 0.05) is 0 Å². The molecule has 2 N–H and O–H groups in total. The Hall–Kier alpha value is -0.760. The molecule has 0 spiro atoms. The van der Waals surface area contributed by atoms with Crippen LogP contribution in [0, 0.1) is 0 Å². The maximum Gasteiger partial charge on any atom is 0.215 e. The number of aliphatic imine (C=N–C) groups is 1. The summed E-state index contributed by atoms with van der Waals surface area (Å²) in [6.45, 7) is 1.99. The van der Waals surface area contributed by atoms with Crippen LogP contribution in [-0.2, 0) is 10.4 Å². The Bertz CT molecular complexity index is 285. The van der Waals surface area contributed by atoms with Gasteiger partial charge >= 0.3 is 0 Å². The third kappa shape index (κ3) is 9.24. The van der Waals surface area contributed by atoms with Crippen molar-refractivity contribution in [1.82, 2.24) is 0 Å². The van der Waals surface area contributed by atoms with Crippen LogP contribution in [0.5, 0.6) is 0 Å². The lowest BCUT2D eigenvalue weighted by atomic mass is 10.6. The summed E-state index contributed by atoms with van der Waals surface area (Å²) in [5.74, 6) is 0. The fourth-order valence-electron chi connectivity index (χ4n) is 0.608. The van der Waals surface area contributed by atoms with Gasteiger partial charge in [0.25, 0.3) is 0 Å². The maximum absolute atomic E-state index is 8.63. The van der Waals surface area contributed by atoms with Crippen molar-refractivity contribution in [3.63, 3.8) is 0 Å². The van der Waals surface area contributed by atoms with Crippen LogP contribution < -0.4 is 4.90 Å². The minimum absolute atomic E-state index is 1.11. The van der Waals surface area contributed by atoms with Gasteiger partial charge < -0.3 is 4.55 Å². The molecule has 1 aliphatic heterocycles. The highest BCUT2D eigenvalue weighted by atomic mass is 32.3. The fraction of sp³-hybridized carbons (Fsp3) is 0.400. The van der Waals surface area contributed by atoms with Gasteiger partial charge in [0.1, 0.15) is 6.20 Å². The molecule has 0 aromatic heterocycles. The second kappa shape index (κ2) is 4.31. The molecular weight excluding hydrogens is 184 g/mol. The average molecular weight is 194 g/mol. The molecule has 1 atom stereocenters. The standard InChI is InChI=1S/C5H8N2.H2O4S/c1-5-3-7(2)4-6-5;1-5(2,3)4/h3-4H,1-2H3;(H2,1,2,3,4). The fourth-order valence-corrected chi connectivity index (χ4v) is 0.608. The van der Waals surface area contributed by atoms with E-state index in [-0.39, 0.29) is 0 Å². The van der Waals surface area contributed by atoms with Crippen LogP contribution in [0.1, 0.15) is 6.92 Å². The van der Waals surface area contributed by atoms with Gasteiger partial charge in [0.2, 0.25) is 10.4 Å². The van der Waals surface area contributed by atoms with Crippen molar-refractivity contribution >= 4 is 16.7 Å². The minimum Gasteiger partial charge on any atom is -0.726 e. The molecule has 0 saturated heterocycles. The van der Waals surface area contributed by atoms with E-state index in [1.54, 1.807) is 0 Å². The Labute approximate surface area is 70.8 Å². The van der Waals surface area contributed by atoms with Gasteiger partial charge in [0.15, 0.2) is 6.34 Å². The summed E-state index contributed by atoms with van der Waals surface area (Å²) in [5, 5.41) is 0. The second-order valence-corrected chi connectivity index (χ2v) is 3.07. The molecule has 0 aromatic rings. The third-order valence-electron chi connectivity index (χ3n) is 0.908. The van der Waals surface area contributed by atoms with Crippen molar-refractivity contribution in [3.8, 4) is 0 Å². The third-order valence-corrected chi connectivity index (χ3v) is 0.908. The van der Waals surface area contributed by atoms with Crippen molar-refractivity contribution in [2.24, 2.45) is 4.99 Å². The van der Waals surface area contributed by atoms with Crippen LogP contribution in [0.3, 0.4) is 0 Å². The van der Waals surface area contributed by atoms with Crippen LogP contribution in [-0.4, -0.2) is 30.9 Å². The van der Waals surface area contributed by atoms with Crippen molar-refractivity contribution in [2.45, 2.75) is 6.92 Å². The summed E-state index contributed by atoms with van der Waals surface area (Å²) < 4.78 is 32.8. The van der Waals surface area contributed by atoms with Crippen LogP contribution in [0.4, 0.5) is 0 Å². The van der Waals surface area contributed by atoms with E-state index in [1.807, 2.05) is 20.3 Å². The number of hydrogen-bond donors (Lipinski definition) is 2. The molecule has 0 amide bonds. The Balaban J connectivity index is 0.000000217. The molecule has 0 aromatic carbocycles. The quantitative estimate of drug-likeness (QED) is 0.359. The second-order valence-electron chi connectivity index (χ2n) is 2.22. The molecule has 7 heteroatoms. The highest BCUT2D eigenvalue weighted by molar-refractivity contribution is 7.79. The largest absolute Gasteiger partial charge is 0.726 e. The topological polar surface area (TPSA) is 94.2 Å². The molecule has 0 bridgehead atoms. The van der Waals surface area contributed by atoms with E-state index in [4.69, 9.17) is 17.5 Å². The highest BCUT2D eigenvalue weighted by Gasteiger charge is 1.99. The molecule has 0 aliphatic carbocycles. The first-order chi connectivity index (χ1) is 5.29. The van der Waals surface area contributed by atoms with Gasteiger partial charge in [-0.15, -0.1) is 0 Å². The van der Waals surface area contributed by atoms with E-state index >= 15 is 0 Å². The van der Waals surface area contributed by atoms with Gasteiger partial charge in [-0.25, -0.2) is 13.4 Å². The van der Waals surface area contributed by atoms with E-state index in [0.29, 0.717) is 0 Å². The number of allylic oxidation sites excluding steroid dienone is 1. The van der Waals surface area contributed by atoms with E-state index in [0.717, 1.165) is 5.70 Å². The summed E-state index contributed by atoms with van der Waals surface area (Å²) in [6, 6.07) is 0. The zero-order valence-corrected chi connectivity index (χ0v) is 7.50. The lowest BCUT2D eigenvalue weighted by molar-refractivity contribution is -0.710. The number of nitrogens with one attached hydrogen (secondary N) is 1. The Kier molecular flexibility index (Phi) is 4.04. The Morgan fingerprint density at radius 1 is 1.67 bits per heavy atom. The first-order valence-electron chi connectivity index (χ1n) is 3.03. The molecular formula is C5H10N2O4S. The number of rotatable bonds is 0. The zero-order valence-electron chi connectivity index (χ0n) is 6.68. The number of hydrogen-bond acceptors (Lipinski definition) is 4. The maximum atomic E-state index is 8.63. The van der Waals surface area contributed by atoms with Crippen molar-refractivity contribution < 1.29 is 22.4 Å². The van der Waals surface area contributed by atoms with Gasteiger partial charge in [-0.2, -0.15) is 0 Å². The average Bonchev–Trinajstić information content (AvgIpc) is 2.09. The number of quaternary nitrogens is 1. The highest BCUT2D eigenvalue weighted by Crippen LogP contribution is 1.88.